The first-order chi connectivity index (χ1) is 9.16. The quantitative estimate of drug-likeness (QED) is 0.839. The third-order valence-corrected chi connectivity index (χ3v) is 4.20. The molecule has 1 saturated heterocycles. The van der Waals surface area contributed by atoms with E-state index in [4.69, 9.17) is 0 Å². The largest absolute Gasteiger partial charge is 0.361 e. The second kappa shape index (κ2) is 4.26. The first-order valence-electron chi connectivity index (χ1n) is 6.65. The maximum absolute atomic E-state index is 12.1. The van der Waals surface area contributed by atoms with E-state index in [1.807, 2.05) is 23.2 Å². The number of nitrogens with zero attached hydrogens (tertiary/aromatic N) is 1. The topological polar surface area (TPSA) is 36.1 Å². The minimum absolute atomic E-state index is 0.215. The lowest BCUT2D eigenvalue weighted by atomic mass is 9.89. The van der Waals surface area contributed by atoms with Crippen molar-refractivity contribution in [2.75, 3.05) is 6.54 Å². The SMILES string of the molecule is C=CCN1C(=O)CCC1(C)c1c[nH]c2ccccc12. The highest BCUT2D eigenvalue weighted by Crippen LogP contribution is 2.41. The predicted octanol–water partition coefficient (Wildman–Crippen LogP) is 3.19. The highest BCUT2D eigenvalue weighted by Gasteiger charge is 2.43. The Morgan fingerprint density at radius 3 is 3.05 bits per heavy atom. The fourth-order valence-corrected chi connectivity index (χ4v) is 3.13. The summed E-state index contributed by atoms with van der Waals surface area (Å²) in [6.07, 6.45) is 5.32. The summed E-state index contributed by atoms with van der Waals surface area (Å²) in [5.41, 5.74) is 2.10. The van der Waals surface area contributed by atoms with E-state index in [1.54, 1.807) is 6.08 Å². The predicted molar refractivity (Wildman–Crippen MR) is 76.8 cm³/mol. The number of hydrogen-bond donors (Lipinski definition) is 1. The van der Waals surface area contributed by atoms with Crippen molar-refractivity contribution >= 4 is 16.8 Å². The van der Waals surface area contributed by atoms with Crippen LogP contribution in [-0.2, 0) is 10.3 Å². The van der Waals surface area contributed by atoms with Crippen molar-refractivity contribution in [3.05, 3.63) is 48.7 Å². The van der Waals surface area contributed by atoms with Crippen LogP contribution < -0.4 is 0 Å². The third kappa shape index (κ3) is 1.69. The lowest BCUT2D eigenvalue weighted by molar-refractivity contribution is -0.130. The number of likely N-dealkylation sites (tertiary alicyclic amines) is 1. The van der Waals surface area contributed by atoms with E-state index in [1.165, 1.54) is 10.9 Å². The fraction of sp³-hybridized carbons (Fsp3) is 0.312. The molecule has 0 radical (unpaired) electrons. The van der Waals surface area contributed by atoms with Gasteiger partial charge in [0.05, 0.1) is 5.54 Å². The number of aromatic nitrogens is 1. The van der Waals surface area contributed by atoms with E-state index in [0.717, 1.165) is 11.9 Å². The smallest absolute Gasteiger partial charge is 0.223 e. The number of nitrogens with one attached hydrogen (secondary N) is 1. The van der Waals surface area contributed by atoms with Gasteiger partial charge >= 0.3 is 0 Å². The Labute approximate surface area is 112 Å². The summed E-state index contributed by atoms with van der Waals surface area (Å²) in [7, 11) is 0. The molecule has 3 rings (SSSR count). The van der Waals surface area contributed by atoms with Gasteiger partial charge in [0, 0.05) is 35.6 Å². The van der Waals surface area contributed by atoms with E-state index < -0.39 is 0 Å². The summed E-state index contributed by atoms with van der Waals surface area (Å²) in [4.78, 5) is 17.3. The first kappa shape index (κ1) is 12.0. The lowest BCUT2D eigenvalue weighted by Crippen LogP contribution is -2.40. The number of H-pyrrole nitrogens is 1. The Morgan fingerprint density at radius 1 is 1.47 bits per heavy atom. The average molecular weight is 254 g/mol. The van der Waals surface area contributed by atoms with Crippen LogP contribution in [0.1, 0.15) is 25.3 Å². The first-order valence-corrected chi connectivity index (χ1v) is 6.65. The van der Waals surface area contributed by atoms with Gasteiger partial charge in [0.15, 0.2) is 0 Å². The number of fused-ring (bicyclic) bond motifs is 1. The van der Waals surface area contributed by atoms with Crippen LogP contribution in [0.25, 0.3) is 10.9 Å². The number of aromatic amines is 1. The Balaban J connectivity index is 2.13. The molecule has 0 saturated carbocycles. The molecule has 3 heteroatoms. The molecule has 2 heterocycles. The number of carbonyl (C=O) groups is 1. The van der Waals surface area contributed by atoms with Gasteiger partial charge < -0.3 is 9.88 Å². The zero-order chi connectivity index (χ0) is 13.5. The molecule has 0 aliphatic carbocycles. The maximum Gasteiger partial charge on any atom is 0.223 e. The molecule has 1 aromatic heterocycles. The minimum Gasteiger partial charge on any atom is -0.361 e. The summed E-state index contributed by atoms with van der Waals surface area (Å²) < 4.78 is 0. The Hall–Kier alpha value is -2.03. The Morgan fingerprint density at radius 2 is 2.26 bits per heavy atom. The molecule has 2 aromatic rings. The van der Waals surface area contributed by atoms with Crippen molar-refractivity contribution in [1.29, 1.82) is 0 Å². The van der Waals surface area contributed by atoms with Crippen LogP contribution in [0.4, 0.5) is 0 Å². The van der Waals surface area contributed by atoms with E-state index in [0.29, 0.717) is 13.0 Å². The fourth-order valence-electron chi connectivity index (χ4n) is 3.13. The van der Waals surface area contributed by atoms with Gasteiger partial charge in [0.1, 0.15) is 0 Å². The summed E-state index contributed by atoms with van der Waals surface area (Å²) in [5, 5.41) is 1.20. The van der Waals surface area contributed by atoms with Gasteiger partial charge in [-0.2, -0.15) is 0 Å². The molecular formula is C16H18N2O. The van der Waals surface area contributed by atoms with E-state index in [2.05, 4.69) is 30.6 Å². The van der Waals surface area contributed by atoms with Crippen molar-refractivity contribution in [3.63, 3.8) is 0 Å². The standard InChI is InChI=1S/C16H18N2O/c1-3-10-18-15(19)8-9-16(18,2)13-11-17-14-7-5-4-6-12(13)14/h3-7,11,17H,1,8-10H2,2H3. The van der Waals surface area contributed by atoms with Crippen molar-refractivity contribution in [2.45, 2.75) is 25.3 Å². The summed E-state index contributed by atoms with van der Waals surface area (Å²) in [6, 6.07) is 8.24. The zero-order valence-electron chi connectivity index (χ0n) is 11.1. The molecule has 1 fully saturated rings. The molecule has 98 valence electrons. The number of rotatable bonds is 3. The minimum atomic E-state index is -0.231. The molecule has 1 N–H and O–H groups in total. The number of carbonyl (C=O) groups excluding carboxylic acids is 1. The molecule has 0 bridgehead atoms. The maximum atomic E-state index is 12.1. The van der Waals surface area contributed by atoms with Crippen LogP contribution in [0, 0.1) is 0 Å². The van der Waals surface area contributed by atoms with Gasteiger partial charge in [-0.15, -0.1) is 6.58 Å². The Bertz CT molecular complexity index is 643. The van der Waals surface area contributed by atoms with Gasteiger partial charge in [0.25, 0.3) is 0 Å². The van der Waals surface area contributed by atoms with Crippen LogP contribution in [0.15, 0.2) is 43.1 Å². The van der Waals surface area contributed by atoms with Gasteiger partial charge in [-0.25, -0.2) is 0 Å². The average Bonchev–Trinajstić information content (AvgIpc) is 2.96. The second-order valence-corrected chi connectivity index (χ2v) is 5.31. The van der Waals surface area contributed by atoms with Crippen molar-refractivity contribution in [1.82, 2.24) is 9.88 Å². The second-order valence-electron chi connectivity index (χ2n) is 5.31. The molecular weight excluding hydrogens is 236 g/mol. The Kier molecular flexibility index (Phi) is 2.70. The number of hydrogen-bond acceptors (Lipinski definition) is 1. The molecule has 1 atom stereocenters. The monoisotopic (exact) mass is 254 g/mol. The normalized spacial score (nSPS) is 23.2. The number of benzene rings is 1. The molecule has 0 spiro atoms. The van der Waals surface area contributed by atoms with E-state index in [9.17, 15) is 4.79 Å². The van der Waals surface area contributed by atoms with Crippen molar-refractivity contribution < 1.29 is 4.79 Å². The van der Waals surface area contributed by atoms with E-state index >= 15 is 0 Å². The summed E-state index contributed by atoms with van der Waals surface area (Å²) in [6.45, 7) is 6.52. The van der Waals surface area contributed by atoms with Crippen LogP contribution in [-0.4, -0.2) is 22.3 Å². The highest BCUT2D eigenvalue weighted by atomic mass is 16.2. The molecule has 1 amide bonds. The summed E-state index contributed by atoms with van der Waals surface area (Å²) >= 11 is 0. The van der Waals surface area contributed by atoms with Crippen molar-refractivity contribution in [3.8, 4) is 0 Å². The molecule has 1 aromatic carbocycles. The molecule has 3 nitrogen and oxygen atoms in total. The zero-order valence-corrected chi connectivity index (χ0v) is 11.1. The number of amides is 1. The van der Waals surface area contributed by atoms with Gasteiger partial charge in [0.2, 0.25) is 5.91 Å². The highest BCUT2D eigenvalue weighted by molar-refractivity contribution is 5.87. The van der Waals surface area contributed by atoms with E-state index in [-0.39, 0.29) is 11.4 Å². The van der Waals surface area contributed by atoms with Crippen LogP contribution in [0.3, 0.4) is 0 Å². The van der Waals surface area contributed by atoms with Gasteiger partial charge in [-0.05, 0) is 19.4 Å². The molecule has 19 heavy (non-hydrogen) atoms. The summed E-state index contributed by atoms with van der Waals surface area (Å²) in [5.74, 6) is 0.215. The van der Waals surface area contributed by atoms with Gasteiger partial charge in [-0.3, -0.25) is 4.79 Å². The molecule has 1 unspecified atom stereocenters. The van der Waals surface area contributed by atoms with Crippen LogP contribution in [0.5, 0.6) is 0 Å². The van der Waals surface area contributed by atoms with Crippen LogP contribution in [0.2, 0.25) is 0 Å². The van der Waals surface area contributed by atoms with Gasteiger partial charge in [-0.1, -0.05) is 24.3 Å². The molecule has 1 aliphatic heterocycles. The van der Waals surface area contributed by atoms with Crippen molar-refractivity contribution in [2.24, 2.45) is 0 Å². The number of para-hydroxylation sites is 1. The molecule has 1 aliphatic rings. The lowest BCUT2D eigenvalue weighted by Gasteiger charge is -2.34. The third-order valence-electron chi connectivity index (χ3n) is 4.20. The van der Waals surface area contributed by atoms with Crippen LogP contribution >= 0.6 is 0 Å².